The van der Waals surface area contributed by atoms with Crippen LogP contribution in [-0.2, 0) is 6.42 Å². The van der Waals surface area contributed by atoms with Crippen LogP contribution in [0.15, 0.2) is 42.7 Å². The third-order valence-electron chi connectivity index (χ3n) is 3.53. The van der Waals surface area contributed by atoms with Crippen molar-refractivity contribution in [1.29, 1.82) is 0 Å². The standard InChI is InChI=1S/C16H19N3O/c1-2-6-14(7-3-1)20-15-11-18-16(19-12-15)9-13-5-4-8-17-10-13/h1-3,6-7,11-13,17H,4-5,8-10H2. The van der Waals surface area contributed by atoms with Crippen molar-refractivity contribution in [3.8, 4) is 11.5 Å². The van der Waals surface area contributed by atoms with E-state index in [1.807, 2.05) is 30.3 Å². The Kier molecular flexibility index (Phi) is 4.23. The van der Waals surface area contributed by atoms with Crippen molar-refractivity contribution in [3.63, 3.8) is 0 Å². The maximum absolute atomic E-state index is 5.69. The molecule has 0 bridgehead atoms. The molecular weight excluding hydrogens is 250 g/mol. The number of hydrogen-bond acceptors (Lipinski definition) is 4. The molecule has 1 aliphatic heterocycles. The lowest BCUT2D eigenvalue weighted by atomic mass is 9.96. The summed E-state index contributed by atoms with van der Waals surface area (Å²) in [6.07, 6.45) is 6.97. The topological polar surface area (TPSA) is 47.0 Å². The summed E-state index contributed by atoms with van der Waals surface area (Å²) in [5.41, 5.74) is 0. The molecule has 1 unspecified atom stereocenters. The van der Waals surface area contributed by atoms with Crippen LogP contribution < -0.4 is 10.1 Å². The van der Waals surface area contributed by atoms with E-state index in [4.69, 9.17) is 4.74 Å². The van der Waals surface area contributed by atoms with Gasteiger partial charge in [-0.2, -0.15) is 0 Å². The van der Waals surface area contributed by atoms with Gasteiger partial charge >= 0.3 is 0 Å². The molecule has 4 nitrogen and oxygen atoms in total. The van der Waals surface area contributed by atoms with E-state index in [0.717, 1.165) is 31.1 Å². The first-order chi connectivity index (χ1) is 9.90. The molecular formula is C16H19N3O. The van der Waals surface area contributed by atoms with Gasteiger partial charge in [0.2, 0.25) is 0 Å². The van der Waals surface area contributed by atoms with E-state index in [-0.39, 0.29) is 0 Å². The quantitative estimate of drug-likeness (QED) is 0.927. The number of para-hydroxylation sites is 1. The van der Waals surface area contributed by atoms with E-state index in [1.165, 1.54) is 12.8 Å². The van der Waals surface area contributed by atoms with E-state index in [2.05, 4.69) is 15.3 Å². The predicted octanol–water partition coefficient (Wildman–Crippen LogP) is 2.81. The van der Waals surface area contributed by atoms with E-state index in [1.54, 1.807) is 12.4 Å². The number of ether oxygens (including phenoxy) is 1. The van der Waals surface area contributed by atoms with Crippen LogP contribution in [0.2, 0.25) is 0 Å². The molecule has 4 heteroatoms. The Morgan fingerprint density at radius 1 is 1.10 bits per heavy atom. The molecule has 104 valence electrons. The number of piperidine rings is 1. The summed E-state index contributed by atoms with van der Waals surface area (Å²) in [5, 5.41) is 3.42. The molecule has 0 radical (unpaired) electrons. The number of aromatic nitrogens is 2. The first kappa shape index (κ1) is 13.1. The van der Waals surface area contributed by atoms with Gasteiger partial charge in [-0.3, -0.25) is 0 Å². The van der Waals surface area contributed by atoms with Gasteiger partial charge < -0.3 is 10.1 Å². The van der Waals surface area contributed by atoms with Gasteiger partial charge in [-0.25, -0.2) is 9.97 Å². The third kappa shape index (κ3) is 3.54. The molecule has 0 aliphatic carbocycles. The highest BCUT2D eigenvalue weighted by atomic mass is 16.5. The molecule has 1 aromatic heterocycles. The van der Waals surface area contributed by atoms with Crippen LogP contribution in [0.5, 0.6) is 11.5 Å². The van der Waals surface area contributed by atoms with Crippen molar-refractivity contribution in [1.82, 2.24) is 15.3 Å². The van der Waals surface area contributed by atoms with E-state index >= 15 is 0 Å². The van der Waals surface area contributed by atoms with Crippen LogP contribution in [0.1, 0.15) is 18.7 Å². The Morgan fingerprint density at radius 2 is 1.90 bits per heavy atom. The Labute approximate surface area is 119 Å². The molecule has 2 aromatic rings. The minimum Gasteiger partial charge on any atom is -0.454 e. The van der Waals surface area contributed by atoms with Gasteiger partial charge in [-0.15, -0.1) is 0 Å². The Morgan fingerprint density at radius 3 is 2.60 bits per heavy atom. The number of benzene rings is 1. The molecule has 0 spiro atoms. The molecule has 1 fully saturated rings. The van der Waals surface area contributed by atoms with Gasteiger partial charge in [-0.1, -0.05) is 18.2 Å². The molecule has 20 heavy (non-hydrogen) atoms. The van der Waals surface area contributed by atoms with Gasteiger partial charge in [0, 0.05) is 6.42 Å². The summed E-state index contributed by atoms with van der Waals surface area (Å²) in [7, 11) is 0. The lowest BCUT2D eigenvalue weighted by molar-refractivity contribution is 0.370. The summed E-state index contributed by atoms with van der Waals surface area (Å²) in [5.74, 6) is 3.05. The lowest BCUT2D eigenvalue weighted by Crippen LogP contribution is -2.31. The van der Waals surface area contributed by atoms with Gasteiger partial charge in [0.05, 0.1) is 12.4 Å². The average molecular weight is 269 g/mol. The van der Waals surface area contributed by atoms with Crippen molar-refractivity contribution in [2.75, 3.05) is 13.1 Å². The fourth-order valence-corrected chi connectivity index (χ4v) is 2.48. The fourth-order valence-electron chi connectivity index (χ4n) is 2.48. The number of hydrogen-bond donors (Lipinski definition) is 1. The molecule has 2 heterocycles. The second kappa shape index (κ2) is 6.48. The minimum absolute atomic E-state index is 0.657. The van der Waals surface area contributed by atoms with Crippen molar-refractivity contribution < 1.29 is 4.74 Å². The number of nitrogens with zero attached hydrogens (tertiary/aromatic N) is 2. The van der Waals surface area contributed by atoms with Crippen LogP contribution in [0.4, 0.5) is 0 Å². The average Bonchev–Trinajstić information content (AvgIpc) is 2.51. The zero-order chi connectivity index (χ0) is 13.6. The SMILES string of the molecule is c1ccc(Oc2cnc(CC3CCCNC3)nc2)cc1. The third-order valence-corrected chi connectivity index (χ3v) is 3.53. The van der Waals surface area contributed by atoms with Crippen molar-refractivity contribution in [2.24, 2.45) is 5.92 Å². The van der Waals surface area contributed by atoms with Crippen LogP contribution in [0.25, 0.3) is 0 Å². The molecule has 1 aromatic carbocycles. The van der Waals surface area contributed by atoms with Gasteiger partial charge in [0.1, 0.15) is 11.6 Å². The Balaban J connectivity index is 1.59. The van der Waals surface area contributed by atoms with Gasteiger partial charge in [0.25, 0.3) is 0 Å². The predicted molar refractivity (Wildman–Crippen MR) is 77.8 cm³/mol. The van der Waals surface area contributed by atoms with Gasteiger partial charge in [0.15, 0.2) is 5.75 Å². The van der Waals surface area contributed by atoms with Crippen LogP contribution in [0, 0.1) is 5.92 Å². The zero-order valence-corrected chi connectivity index (χ0v) is 11.5. The molecule has 1 aliphatic rings. The van der Waals surface area contributed by atoms with E-state index in [9.17, 15) is 0 Å². The summed E-state index contributed by atoms with van der Waals surface area (Å²) < 4.78 is 5.69. The second-order valence-corrected chi connectivity index (χ2v) is 5.17. The summed E-state index contributed by atoms with van der Waals surface area (Å²) in [4.78, 5) is 8.81. The summed E-state index contributed by atoms with van der Waals surface area (Å²) in [6.45, 7) is 2.22. The van der Waals surface area contributed by atoms with Crippen molar-refractivity contribution >= 4 is 0 Å². The normalized spacial score (nSPS) is 18.7. The zero-order valence-electron chi connectivity index (χ0n) is 11.5. The Hall–Kier alpha value is -1.94. The largest absolute Gasteiger partial charge is 0.454 e. The maximum atomic E-state index is 5.69. The van der Waals surface area contributed by atoms with E-state index in [0.29, 0.717) is 11.7 Å². The highest BCUT2D eigenvalue weighted by Crippen LogP contribution is 2.20. The monoisotopic (exact) mass is 269 g/mol. The highest BCUT2D eigenvalue weighted by Gasteiger charge is 2.14. The van der Waals surface area contributed by atoms with E-state index < -0.39 is 0 Å². The number of rotatable bonds is 4. The fraction of sp³-hybridized carbons (Fsp3) is 0.375. The second-order valence-electron chi connectivity index (χ2n) is 5.17. The van der Waals surface area contributed by atoms with Crippen LogP contribution >= 0.6 is 0 Å². The van der Waals surface area contributed by atoms with Gasteiger partial charge in [-0.05, 0) is 44.0 Å². The van der Waals surface area contributed by atoms with Crippen LogP contribution in [0.3, 0.4) is 0 Å². The number of nitrogens with one attached hydrogen (secondary N) is 1. The molecule has 1 saturated heterocycles. The molecule has 1 atom stereocenters. The highest BCUT2D eigenvalue weighted by molar-refractivity contribution is 5.27. The smallest absolute Gasteiger partial charge is 0.164 e. The van der Waals surface area contributed by atoms with Crippen molar-refractivity contribution in [3.05, 3.63) is 48.5 Å². The molecule has 0 amide bonds. The lowest BCUT2D eigenvalue weighted by Gasteiger charge is -2.21. The summed E-state index contributed by atoms with van der Waals surface area (Å²) >= 11 is 0. The maximum Gasteiger partial charge on any atom is 0.164 e. The molecule has 0 saturated carbocycles. The van der Waals surface area contributed by atoms with Crippen LogP contribution in [-0.4, -0.2) is 23.1 Å². The first-order valence-electron chi connectivity index (χ1n) is 7.15. The van der Waals surface area contributed by atoms with Crippen molar-refractivity contribution in [2.45, 2.75) is 19.3 Å². The Bertz CT molecular complexity index is 521. The summed E-state index contributed by atoms with van der Waals surface area (Å²) in [6, 6.07) is 9.69. The molecule has 1 N–H and O–H groups in total. The molecule has 3 rings (SSSR count). The minimum atomic E-state index is 0.657. The first-order valence-corrected chi connectivity index (χ1v) is 7.15.